The molecule has 1 aromatic carbocycles. The number of carbonyl (C=O) groups excluding carboxylic acids is 1. The lowest BCUT2D eigenvalue weighted by Crippen LogP contribution is -2.48. The van der Waals surface area contributed by atoms with Crippen LogP contribution in [0.4, 0.5) is 0 Å². The van der Waals surface area contributed by atoms with Gasteiger partial charge in [0.2, 0.25) is 0 Å². The van der Waals surface area contributed by atoms with Crippen LogP contribution >= 0.6 is 22.9 Å². The third-order valence-electron chi connectivity index (χ3n) is 5.05. The van der Waals surface area contributed by atoms with Crippen molar-refractivity contribution >= 4 is 39.7 Å². The van der Waals surface area contributed by atoms with E-state index in [-0.39, 0.29) is 11.3 Å². The van der Waals surface area contributed by atoms with Gasteiger partial charge in [-0.15, -0.1) is 11.3 Å². The molecule has 0 unspecified atom stereocenters. The van der Waals surface area contributed by atoms with Crippen LogP contribution in [0, 0.1) is 0 Å². The van der Waals surface area contributed by atoms with Gasteiger partial charge in [-0.1, -0.05) is 32.4 Å². The number of H-pyrrole nitrogens is 1. The summed E-state index contributed by atoms with van der Waals surface area (Å²) in [5.74, 6) is 0.0515. The lowest BCUT2D eigenvalue weighted by atomic mass is 9.98. The minimum atomic E-state index is 0.0515. The van der Waals surface area contributed by atoms with Crippen LogP contribution in [0.5, 0.6) is 0 Å². The highest BCUT2D eigenvalue weighted by Crippen LogP contribution is 2.26. The van der Waals surface area contributed by atoms with Gasteiger partial charge in [-0.25, -0.2) is 4.98 Å². The van der Waals surface area contributed by atoms with E-state index in [1.807, 2.05) is 29.2 Å². The maximum Gasteiger partial charge on any atom is 0.270 e. The van der Waals surface area contributed by atoms with Crippen molar-refractivity contribution in [2.75, 3.05) is 26.2 Å². The zero-order valence-corrected chi connectivity index (χ0v) is 18.0. The molecule has 1 fully saturated rings. The summed E-state index contributed by atoms with van der Waals surface area (Å²) >= 11 is 7.78. The number of carbonyl (C=O) groups is 1. The van der Waals surface area contributed by atoms with Gasteiger partial charge >= 0.3 is 0 Å². The van der Waals surface area contributed by atoms with Crippen molar-refractivity contribution < 1.29 is 4.79 Å². The van der Waals surface area contributed by atoms with Crippen LogP contribution in [-0.2, 0) is 12.0 Å². The summed E-state index contributed by atoms with van der Waals surface area (Å²) in [4.78, 5) is 25.2. The molecule has 148 valence electrons. The highest BCUT2D eigenvalue weighted by Gasteiger charge is 2.24. The predicted molar refractivity (Wildman–Crippen MR) is 115 cm³/mol. The zero-order valence-electron chi connectivity index (χ0n) is 16.5. The summed E-state index contributed by atoms with van der Waals surface area (Å²) in [6.45, 7) is 10.6. The number of nitrogens with one attached hydrogen (secondary N) is 1. The summed E-state index contributed by atoms with van der Waals surface area (Å²) in [7, 11) is 0. The third-order valence-corrected chi connectivity index (χ3v) is 6.60. The summed E-state index contributed by atoms with van der Waals surface area (Å²) < 4.78 is 0. The SMILES string of the molecule is CC(C)(C)c1nc(CN2CCN(C(=O)c3cc4cc(Cl)ccc4[nH]3)CC2)cs1. The van der Waals surface area contributed by atoms with E-state index in [2.05, 4.69) is 36.0 Å². The van der Waals surface area contributed by atoms with Crippen molar-refractivity contribution in [3.63, 3.8) is 0 Å². The van der Waals surface area contributed by atoms with E-state index in [0.29, 0.717) is 10.7 Å². The zero-order chi connectivity index (χ0) is 19.9. The van der Waals surface area contributed by atoms with Crippen LogP contribution in [0.1, 0.15) is 42.0 Å². The fourth-order valence-corrected chi connectivity index (χ4v) is 4.53. The molecular formula is C21H25ClN4OS. The second-order valence-corrected chi connectivity index (χ2v) is 9.67. The first kappa shape index (κ1) is 19.4. The Morgan fingerprint density at radius 2 is 1.96 bits per heavy atom. The number of piperazine rings is 1. The number of aromatic amines is 1. The minimum Gasteiger partial charge on any atom is -0.351 e. The molecular weight excluding hydrogens is 392 g/mol. The van der Waals surface area contributed by atoms with Gasteiger partial charge in [0.15, 0.2) is 0 Å². The third kappa shape index (κ3) is 4.09. The standard InChI is InChI=1S/C21H25ClN4OS/c1-21(2,3)20-23-16(13-28-20)12-25-6-8-26(9-7-25)19(27)18-11-14-10-15(22)4-5-17(14)24-18/h4-5,10-11,13,24H,6-9,12H2,1-3H3. The number of hydrogen-bond acceptors (Lipinski definition) is 4. The molecule has 2 aromatic heterocycles. The van der Waals surface area contributed by atoms with Gasteiger partial charge < -0.3 is 9.88 Å². The number of halogens is 1. The molecule has 1 saturated heterocycles. The van der Waals surface area contributed by atoms with Crippen LogP contribution in [0.25, 0.3) is 10.9 Å². The summed E-state index contributed by atoms with van der Waals surface area (Å²) in [5.41, 5.74) is 2.78. The van der Waals surface area contributed by atoms with Gasteiger partial charge in [0.1, 0.15) is 5.69 Å². The van der Waals surface area contributed by atoms with E-state index < -0.39 is 0 Å². The van der Waals surface area contributed by atoms with Crippen molar-refractivity contribution in [3.8, 4) is 0 Å². The van der Waals surface area contributed by atoms with E-state index in [1.54, 1.807) is 11.3 Å². The van der Waals surface area contributed by atoms with Gasteiger partial charge in [0, 0.05) is 59.4 Å². The summed E-state index contributed by atoms with van der Waals surface area (Å²) in [5, 5.41) is 4.98. The highest BCUT2D eigenvalue weighted by atomic mass is 35.5. The Morgan fingerprint density at radius 3 is 2.64 bits per heavy atom. The second kappa shape index (κ2) is 7.50. The number of aromatic nitrogens is 2. The van der Waals surface area contributed by atoms with E-state index in [9.17, 15) is 4.79 Å². The molecule has 5 nitrogen and oxygen atoms in total. The molecule has 0 atom stereocenters. The van der Waals surface area contributed by atoms with Gasteiger partial charge in [0.25, 0.3) is 5.91 Å². The first-order chi connectivity index (χ1) is 13.3. The Balaban J connectivity index is 1.36. The minimum absolute atomic E-state index is 0.0515. The molecule has 0 aliphatic carbocycles. The van der Waals surface area contributed by atoms with E-state index in [4.69, 9.17) is 16.6 Å². The normalized spacial score (nSPS) is 16.1. The Kier molecular flexibility index (Phi) is 5.21. The molecule has 1 aliphatic heterocycles. The molecule has 1 amide bonds. The lowest BCUT2D eigenvalue weighted by Gasteiger charge is -2.34. The van der Waals surface area contributed by atoms with Gasteiger partial charge in [0.05, 0.1) is 10.7 Å². The molecule has 0 radical (unpaired) electrons. The molecule has 3 heterocycles. The molecule has 0 saturated carbocycles. The number of rotatable bonds is 3. The van der Waals surface area contributed by atoms with Crippen molar-refractivity contribution in [1.29, 1.82) is 0 Å². The van der Waals surface area contributed by atoms with E-state index >= 15 is 0 Å². The van der Waals surface area contributed by atoms with Crippen LogP contribution in [-0.4, -0.2) is 51.9 Å². The number of benzene rings is 1. The van der Waals surface area contributed by atoms with Crippen molar-refractivity contribution in [1.82, 2.24) is 19.8 Å². The molecule has 7 heteroatoms. The molecule has 0 spiro atoms. The molecule has 0 bridgehead atoms. The summed E-state index contributed by atoms with van der Waals surface area (Å²) in [6.07, 6.45) is 0. The first-order valence-corrected chi connectivity index (χ1v) is 10.8. The molecule has 1 N–H and O–H groups in total. The van der Waals surface area contributed by atoms with Crippen molar-refractivity contribution in [3.05, 3.63) is 51.1 Å². The number of amides is 1. The van der Waals surface area contributed by atoms with Crippen LogP contribution in [0.2, 0.25) is 5.02 Å². The largest absolute Gasteiger partial charge is 0.351 e. The topological polar surface area (TPSA) is 52.2 Å². The van der Waals surface area contributed by atoms with Gasteiger partial charge in [-0.05, 0) is 24.3 Å². The molecule has 28 heavy (non-hydrogen) atoms. The van der Waals surface area contributed by atoms with Crippen LogP contribution < -0.4 is 0 Å². The Morgan fingerprint density at radius 1 is 1.21 bits per heavy atom. The Labute approximate surface area is 174 Å². The smallest absolute Gasteiger partial charge is 0.270 e. The number of nitrogens with zero attached hydrogens (tertiary/aromatic N) is 3. The Bertz CT molecular complexity index is 995. The number of hydrogen-bond donors (Lipinski definition) is 1. The Hall–Kier alpha value is -1.89. The van der Waals surface area contributed by atoms with Crippen LogP contribution in [0.3, 0.4) is 0 Å². The fraction of sp³-hybridized carbons (Fsp3) is 0.429. The highest BCUT2D eigenvalue weighted by molar-refractivity contribution is 7.09. The van der Waals surface area contributed by atoms with Crippen molar-refractivity contribution in [2.45, 2.75) is 32.7 Å². The maximum absolute atomic E-state index is 12.9. The lowest BCUT2D eigenvalue weighted by molar-refractivity contribution is 0.0622. The van der Waals surface area contributed by atoms with E-state index in [1.165, 1.54) is 5.01 Å². The second-order valence-electron chi connectivity index (χ2n) is 8.38. The average Bonchev–Trinajstić information content (AvgIpc) is 3.28. The average molecular weight is 417 g/mol. The molecule has 1 aliphatic rings. The quantitative estimate of drug-likeness (QED) is 0.682. The number of fused-ring (bicyclic) bond motifs is 1. The first-order valence-electron chi connectivity index (χ1n) is 9.54. The molecule has 3 aromatic rings. The maximum atomic E-state index is 12.9. The predicted octanol–water partition coefficient (Wildman–Crippen LogP) is 4.53. The molecule has 4 rings (SSSR count). The number of thiazole rings is 1. The fourth-order valence-electron chi connectivity index (χ4n) is 3.45. The van der Waals surface area contributed by atoms with E-state index in [0.717, 1.165) is 49.3 Å². The van der Waals surface area contributed by atoms with Crippen LogP contribution in [0.15, 0.2) is 29.6 Å². The summed E-state index contributed by atoms with van der Waals surface area (Å²) in [6, 6.07) is 7.50. The monoisotopic (exact) mass is 416 g/mol. The van der Waals surface area contributed by atoms with Gasteiger partial charge in [-0.2, -0.15) is 0 Å². The van der Waals surface area contributed by atoms with Gasteiger partial charge in [-0.3, -0.25) is 9.69 Å². The van der Waals surface area contributed by atoms with Crippen molar-refractivity contribution in [2.24, 2.45) is 0 Å².